The number of carbonyl (C=O) groups excluding carboxylic acids is 1. The summed E-state index contributed by atoms with van der Waals surface area (Å²) in [6.45, 7) is 11.4. The summed E-state index contributed by atoms with van der Waals surface area (Å²) in [6.07, 6.45) is 2.86. The summed E-state index contributed by atoms with van der Waals surface area (Å²) in [5.41, 5.74) is 3.94. The minimum atomic E-state index is -1.10. The maximum absolute atomic E-state index is 13.5. The Balaban J connectivity index is 1.11. The zero-order chi connectivity index (χ0) is 40.7. The van der Waals surface area contributed by atoms with Crippen LogP contribution in [0.25, 0.3) is 11.4 Å². The fraction of sp³-hybridized carbons (Fsp3) is 0.349. The minimum Gasteiger partial charge on any atom is -0.491 e. The summed E-state index contributed by atoms with van der Waals surface area (Å²) in [5, 5.41) is 20.1. The van der Waals surface area contributed by atoms with Gasteiger partial charge in [-0.05, 0) is 74.1 Å². The average Bonchev–Trinajstić information content (AvgIpc) is 3.62. The number of urea groups is 1. The number of rotatable bonds is 14. The predicted octanol–water partition coefficient (Wildman–Crippen LogP) is 8.11. The van der Waals surface area contributed by atoms with Crippen LogP contribution in [0.3, 0.4) is 0 Å². The Kier molecular flexibility index (Phi) is 13.0. The Hall–Kier alpha value is -5.63. The van der Waals surface area contributed by atoms with Crippen LogP contribution in [0.5, 0.6) is 11.5 Å². The third-order valence-electron chi connectivity index (χ3n) is 9.51. The Morgan fingerprint density at radius 1 is 0.965 bits per heavy atom. The highest BCUT2D eigenvalue weighted by Crippen LogP contribution is 2.29. The van der Waals surface area contributed by atoms with Crippen molar-refractivity contribution in [2.75, 3.05) is 25.1 Å². The molecule has 5 aromatic rings. The molecular weight excluding hydrogens is 750 g/mol. The molecule has 14 heteroatoms. The third kappa shape index (κ3) is 10.2. The largest absolute Gasteiger partial charge is 0.491 e. The Bertz CT molecular complexity index is 2290. The lowest BCUT2D eigenvalue weighted by Crippen LogP contribution is -2.29. The fourth-order valence-corrected chi connectivity index (χ4v) is 6.55. The molecule has 1 aliphatic rings. The van der Waals surface area contributed by atoms with E-state index in [1.165, 1.54) is 16.7 Å². The number of nitrogens with one attached hydrogen (secondary N) is 2. The molecule has 2 amide bonds. The molecule has 57 heavy (non-hydrogen) atoms. The van der Waals surface area contributed by atoms with Crippen molar-refractivity contribution < 1.29 is 33.6 Å². The molecule has 1 unspecified atom stereocenters. The van der Waals surface area contributed by atoms with Gasteiger partial charge in [0.15, 0.2) is 6.29 Å². The molecule has 1 aliphatic heterocycles. The first-order chi connectivity index (χ1) is 27.3. The van der Waals surface area contributed by atoms with E-state index >= 15 is 0 Å². The van der Waals surface area contributed by atoms with Crippen LogP contribution in [-0.4, -0.2) is 57.6 Å². The van der Waals surface area contributed by atoms with Crippen molar-refractivity contribution in [3.63, 3.8) is 0 Å². The molecule has 6 rings (SSSR count). The minimum absolute atomic E-state index is 0.0519. The van der Waals surface area contributed by atoms with Crippen molar-refractivity contribution >= 4 is 29.4 Å². The van der Waals surface area contributed by atoms with Gasteiger partial charge in [-0.25, -0.2) is 14.3 Å². The Morgan fingerprint density at radius 3 is 2.49 bits per heavy atom. The van der Waals surface area contributed by atoms with E-state index in [0.29, 0.717) is 47.4 Å². The van der Waals surface area contributed by atoms with E-state index in [1.54, 1.807) is 30.7 Å². The van der Waals surface area contributed by atoms with Crippen LogP contribution in [0, 0.1) is 13.8 Å². The van der Waals surface area contributed by atoms with E-state index in [9.17, 15) is 19.5 Å². The molecule has 3 aromatic carbocycles. The number of benzene rings is 3. The summed E-state index contributed by atoms with van der Waals surface area (Å²) in [7, 11) is 0. The lowest BCUT2D eigenvalue weighted by Gasteiger charge is -2.22. The number of pyridine rings is 1. The highest BCUT2D eigenvalue weighted by molar-refractivity contribution is 6.31. The summed E-state index contributed by atoms with van der Waals surface area (Å²) in [6, 6.07) is 22.6. The van der Waals surface area contributed by atoms with E-state index in [-0.39, 0.29) is 41.2 Å². The number of anilines is 1. The fourth-order valence-electron chi connectivity index (χ4n) is 6.35. The highest BCUT2D eigenvalue weighted by atomic mass is 35.5. The van der Waals surface area contributed by atoms with Crippen LogP contribution in [0.15, 0.2) is 83.7 Å². The molecule has 1 atom stereocenters. The lowest BCUT2D eigenvalue weighted by atomic mass is 9.92. The van der Waals surface area contributed by atoms with Gasteiger partial charge < -0.3 is 29.4 Å². The molecule has 2 aromatic heterocycles. The molecule has 1 saturated heterocycles. The Labute approximate surface area is 336 Å². The summed E-state index contributed by atoms with van der Waals surface area (Å²) in [5.74, 6) is 0.201. The molecule has 3 heterocycles. The molecule has 13 nitrogen and oxygen atoms in total. The molecule has 0 radical (unpaired) electrons. The normalized spacial score (nSPS) is 14.2. The van der Waals surface area contributed by atoms with Crippen LogP contribution in [-0.2, 0) is 28.0 Å². The number of carbonyl (C=O) groups is 2. The molecule has 0 spiro atoms. The van der Waals surface area contributed by atoms with Gasteiger partial charge in [0.2, 0.25) is 0 Å². The number of ether oxygens (including phenoxy) is 4. The Morgan fingerprint density at radius 2 is 1.75 bits per heavy atom. The van der Waals surface area contributed by atoms with Crippen molar-refractivity contribution in [1.29, 1.82) is 0 Å². The number of amides is 2. The SMILES string of the molecule is Cc1ccc(C(=O)O)cc1-n1c(C)cc(OCc2ccccc2CNC(=O)Nc2cc(C(C)(C)C)nn2-c2cccc(OCCOC3CCCCO3)c2)c(Cl)c1=O. The van der Waals surface area contributed by atoms with Crippen LogP contribution >= 0.6 is 11.6 Å². The second-order valence-electron chi connectivity index (χ2n) is 14.9. The van der Waals surface area contributed by atoms with Gasteiger partial charge in [0.05, 0.1) is 29.2 Å². The van der Waals surface area contributed by atoms with Crippen LogP contribution in [0.2, 0.25) is 5.02 Å². The molecule has 1 fully saturated rings. The van der Waals surface area contributed by atoms with E-state index in [1.807, 2.05) is 54.6 Å². The third-order valence-corrected chi connectivity index (χ3v) is 9.86. The van der Waals surface area contributed by atoms with E-state index in [4.69, 9.17) is 35.6 Å². The van der Waals surface area contributed by atoms with Gasteiger partial charge in [-0.15, -0.1) is 0 Å². The van der Waals surface area contributed by atoms with Crippen molar-refractivity contribution in [2.24, 2.45) is 0 Å². The smallest absolute Gasteiger partial charge is 0.335 e. The summed E-state index contributed by atoms with van der Waals surface area (Å²) in [4.78, 5) is 38.5. The number of hydrogen-bond donors (Lipinski definition) is 3. The van der Waals surface area contributed by atoms with E-state index in [0.717, 1.165) is 42.7 Å². The number of aryl methyl sites for hydroxylation is 2. The second-order valence-corrected chi connectivity index (χ2v) is 15.2. The summed E-state index contributed by atoms with van der Waals surface area (Å²) >= 11 is 6.55. The molecule has 0 saturated carbocycles. The van der Waals surface area contributed by atoms with Crippen molar-refractivity contribution in [3.8, 4) is 22.9 Å². The van der Waals surface area contributed by atoms with Gasteiger partial charge in [0.25, 0.3) is 5.56 Å². The average molecular weight is 798 g/mol. The molecule has 0 aliphatic carbocycles. The zero-order valence-electron chi connectivity index (χ0n) is 32.8. The van der Waals surface area contributed by atoms with Gasteiger partial charge in [-0.3, -0.25) is 14.7 Å². The van der Waals surface area contributed by atoms with Gasteiger partial charge in [0, 0.05) is 42.5 Å². The van der Waals surface area contributed by atoms with Gasteiger partial charge in [-0.1, -0.05) is 68.8 Å². The van der Waals surface area contributed by atoms with Crippen molar-refractivity contribution in [3.05, 3.63) is 128 Å². The first-order valence-electron chi connectivity index (χ1n) is 18.9. The standard InChI is InChI=1S/C43H48ClN5O8/c1-27-16-17-29(41(51)52)22-34(27)48-28(2)21-35(39(44)40(48)50)57-26-31-12-7-6-11-30(31)25-45-42(53)46-37-24-36(43(3,4)5)47-49(37)32-13-10-14-33(23-32)54-19-20-56-38-15-8-9-18-55-38/h6-7,10-14,16-17,21-24,38H,8-9,15,18-20,25-26H2,1-5H3,(H,51,52)(H2,45,46,53). The quantitative estimate of drug-likeness (QED) is 0.0946. The maximum atomic E-state index is 13.5. The predicted molar refractivity (Wildman–Crippen MR) is 217 cm³/mol. The number of hydrogen-bond acceptors (Lipinski definition) is 8. The van der Waals surface area contributed by atoms with Crippen LogP contribution in [0.1, 0.15) is 78.5 Å². The molecular formula is C43H48ClN5O8. The highest BCUT2D eigenvalue weighted by Gasteiger charge is 2.23. The number of nitrogens with zero attached hydrogens (tertiary/aromatic N) is 3. The first kappa shape index (κ1) is 41.0. The van der Waals surface area contributed by atoms with Crippen molar-refractivity contribution in [1.82, 2.24) is 19.7 Å². The number of aromatic nitrogens is 3. The monoisotopic (exact) mass is 797 g/mol. The number of carboxylic acids is 1. The van der Waals surface area contributed by atoms with Gasteiger partial charge >= 0.3 is 12.0 Å². The lowest BCUT2D eigenvalue weighted by molar-refractivity contribution is -0.165. The first-order valence-corrected chi connectivity index (χ1v) is 19.2. The van der Waals surface area contributed by atoms with Crippen LogP contribution in [0.4, 0.5) is 10.6 Å². The van der Waals surface area contributed by atoms with Gasteiger partial charge in [0.1, 0.15) is 35.6 Å². The van der Waals surface area contributed by atoms with Crippen molar-refractivity contribution in [2.45, 2.75) is 78.7 Å². The second kappa shape index (κ2) is 18.1. The van der Waals surface area contributed by atoms with Gasteiger partial charge in [-0.2, -0.15) is 5.10 Å². The topological polar surface area (TPSA) is 155 Å². The van der Waals surface area contributed by atoms with E-state index in [2.05, 4.69) is 31.4 Å². The molecule has 300 valence electrons. The maximum Gasteiger partial charge on any atom is 0.335 e. The number of halogens is 1. The molecule has 0 bridgehead atoms. The zero-order valence-corrected chi connectivity index (χ0v) is 33.5. The van der Waals surface area contributed by atoms with E-state index < -0.39 is 17.6 Å². The summed E-state index contributed by atoms with van der Waals surface area (Å²) < 4.78 is 26.6. The van der Waals surface area contributed by atoms with Crippen LogP contribution < -0.4 is 25.7 Å². The molecule has 3 N–H and O–H groups in total. The number of aromatic carboxylic acids is 1. The number of carboxylic acid groups (broad SMARTS) is 1.